The number of furan rings is 1. The molecular weight excluding hydrogens is 183 g/mol. The highest BCUT2D eigenvalue weighted by Gasteiger charge is 2.37. The molecule has 0 aliphatic rings. The topological polar surface area (TPSA) is 39.2 Å². The van der Waals surface area contributed by atoms with E-state index in [4.69, 9.17) is 10.2 Å². The van der Waals surface area contributed by atoms with Crippen LogP contribution in [0.4, 0.5) is 13.2 Å². The van der Waals surface area contributed by atoms with Gasteiger partial charge in [0.1, 0.15) is 11.8 Å². The van der Waals surface area contributed by atoms with Crippen molar-refractivity contribution in [1.29, 1.82) is 0 Å². The molecule has 1 unspecified atom stereocenters. The summed E-state index contributed by atoms with van der Waals surface area (Å²) in [5.74, 6) is 0.296. The molecule has 0 aromatic carbocycles. The lowest BCUT2D eigenvalue weighted by atomic mass is 10.1. The number of alkyl halides is 3. The van der Waals surface area contributed by atoms with Gasteiger partial charge in [-0.15, -0.1) is 0 Å². The van der Waals surface area contributed by atoms with Gasteiger partial charge in [0.15, 0.2) is 0 Å². The van der Waals surface area contributed by atoms with Crippen LogP contribution in [0.15, 0.2) is 16.7 Å². The van der Waals surface area contributed by atoms with Gasteiger partial charge >= 0.3 is 6.18 Å². The van der Waals surface area contributed by atoms with Gasteiger partial charge in [-0.3, -0.25) is 0 Å². The van der Waals surface area contributed by atoms with E-state index in [1.165, 1.54) is 6.26 Å². The van der Waals surface area contributed by atoms with Gasteiger partial charge in [0.2, 0.25) is 0 Å². The van der Waals surface area contributed by atoms with Gasteiger partial charge in [0.05, 0.1) is 6.26 Å². The monoisotopic (exact) mass is 193 g/mol. The van der Waals surface area contributed by atoms with E-state index in [1.54, 1.807) is 13.0 Å². The molecule has 2 N–H and O–H groups in total. The molecule has 0 spiro atoms. The lowest BCUT2D eigenvalue weighted by molar-refractivity contribution is -0.147. The maximum Gasteiger partial charge on any atom is 0.404 e. The number of rotatable bonds is 2. The fraction of sp³-hybridized carbons (Fsp3) is 0.500. The Morgan fingerprint density at radius 1 is 1.54 bits per heavy atom. The highest BCUT2D eigenvalue weighted by atomic mass is 19.4. The number of nitrogens with two attached hydrogens (primary N) is 1. The summed E-state index contributed by atoms with van der Waals surface area (Å²) in [5, 5.41) is 0. The molecule has 1 rings (SSSR count). The molecular formula is C8H10F3NO. The molecule has 0 fully saturated rings. The summed E-state index contributed by atoms with van der Waals surface area (Å²) in [6.45, 7) is 1.68. The zero-order valence-electron chi connectivity index (χ0n) is 7.06. The zero-order chi connectivity index (χ0) is 10.1. The van der Waals surface area contributed by atoms with E-state index in [1.807, 2.05) is 0 Å². The van der Waals surface area contributed by atoms with Crippen LogP contribution in [0.1, 0.15) is 11.3 Å². The first-order valence-corrected chi connectivity index (χ1v) is 3.76. The molecule has 1 aromatic rings. The predicted octanol–water partition coefficient (Wildman–Crippen LogP) is 2.02. The third-order valence-electron chi connectivity index (χ3n) is 1.79. The minimum absolute atomic E-state index is 0.296. The van der Waals surface area contributed by atoms with Crippen molar-refractivity contribution in [3.8, 4) is 0 Å². The van der Waals surface area contributed by atoms with Crippen LogP contribution in [0.25, 0.3) is 0 Å². The highest BCUT2D eigenvalue weighted by Crippen LogP contribution is 2.22. The van der Waals surface area contributed by atoms with Crippen LogP contribution in [-0.2, 0) is 6.42 Å². The van der Waals surface area contributed by atoms with Gasteiger partial charge in [-0.05, 0) is 18.6 Å². The summed E-state index contributed by atoms with van der Waals surface area (Å²) in [4.78, 5) is 0. The zero-order valence-corrected chi connectivity index (χ0v) is 7.06. The molecule has 0 radical (unpaired) electrons. The number of hydrogen-bond donors (Lipinski definition) is 1. The molecule has 5 heteroatoms. The average Bonchev–Trinajstić information content (AvgIpc) is 2.34. The Labute approximate surface area is 73.5 Å². The van der Waals surface area contributed by atoms with E-state index in [9.17, 15) is 13.2 Å². The number of hydrogen-bond acceptors (Lipinski definition) is 2. The van der Waals surface area contributed by atoms with Crippen molar-refractivity contribution in [1.82, 2.24) is 0 Å². The van der Waals surface area contributed by atoms with Crippen molar-refractivity contribution in [2.24, 2.45) is 5.73 Å². The van der Waals surface area contributed by atoms with Crippen molar-refractivity contribution < 1.29 is 17.6 Å². The Morgan fingerprint density at radius 2 is 2.15 bits per heavy atom. The second kappa shape index (κ2) is 3.41. The van der Waals surface area contributed by atoms with Crippen LogP contribution in [0.3, 0.4) is 0 Å². The third kappa shape index (κ3) is 2.48. The molecule has 0 bridgehead atoms. The van der Waals surface area contributed by atoms with Crippen LogP contribution >= 0.6 is 0 Å². The van der Waals surface area contributed by atoms with E-state index >= 15 is 0 Å². The molecule has 0 aliphatic heterocycles. The molecule has 1 heterocycles. The van der Waals surface area contributed by atoms with Crippen LogP contribution in [0, 0.1) is 6.92 Å². The van der Waals surface area contributed by atoms with Gasteiger partial charge < -0.3 is 10.2 Å². The minimum atomic E-state index is -4.36. The summed E-state index contributed by atoms with van der Waals surface area (Å²) in [6.07, 6.45) is -3.31. The molecule has 1 aromatic heterocycles. The second-order valence-corrected chi connectivity index (χ2v) is 2.88. The minimum Gasteiger partial charge on any atom is -0.469 e. The van der Waals surface area contributed by atoms with Crippen molar-refractivity contribution in [3.05, 3.63) is 23.7 Å². The van der Waals surface area contributed by atoms with E-state index in [0.29, 0.717) is 11.3 Å². The van der Waals surface area contributed by atoms with Crippen molar-refractivity contribution in [2.75, 3.05) is 0 Å². The quantitative estimate of drug-likeness (QED) is 0.780. The largest absolute Gasteiger partial charge is 0.469 e. The van der Waals surface area contributed by atoms with Crippen LogP contribution < -0.4 is 5.73 Å². The van der Waals surface area contributed by atoms with Gasteiger partial charge in [-0.1, -0.05) is 0 Å². The molecule has 0 amide bonds. The third-order valence-corrected chi connectivity index (χ3v) is 1.79. The number of aryl methyl sites for hydroxylation is 1. The summed E-state index contributed by atoms with van der Waals surface area (Å²) < 4.78 is 40.9. The molecule has 13 heavy (non-hydrogen) atoms. The lowest BCUT2D eigenvalue weighted by Gasteiger charge is -2.14. The fourth-order valence-electron chi connectivity index (χ4n) is 0.929. The average molecular weight is 193 g/mol. The molecule has 1 atom stereocenters. The van der Waals surface area contributed by atoms with E-state index < -0.39 is 12.2 Å². The summed E-state index contributed by atoms with van der Waals surface area (Å²) >= 11 is 0. The Hall–Kier alpha value is -0.970. The van der Waals surface area contributed by atoms with Crippen molar-refractivity contribution in [2.45, 2.75) is 25.6 Å². The van der Waals surface area contributed by atoms with E-state index in [-0.39, 0.29) is 6.42 Å². The molecule has 0 aliphatic carbocycles. The van der Waals surface area contributed by atoms with Crippen LogP contribution in [-0.4, -0.2) is 12.2 Å². The Bertz CT molecular complexity index is 279. The first-order chi connectivity index (χ1) is 5.91. The number of halogens is 3. The SMILES string of the molecule is Cc1ccoc1CC(N)C(F)(F)F. The Balaban J connectivity index is 2.65. The maximum absolute atomic E-state index is 12.0. The maximum atomic E-state index is 12.0. The summed E-state index contributed by atoms with van der Waals surface area (Å²) in [7, 11) is 0. The van der Waals surface area contributed by atoms with Crippen molar-refractivity contribution in [3.63, 3.8) is 0 Å². The molecule has 2 nitrogen and oxygen atoms in total. The van der Waals surface area contributed by atoms with Gasteiger partial charge in [-0.25, -0.2) is 0 Å². The molecule has 74 valence electrons. The van der Waals surface area contributed by atoms with Gasteiger partial charge in [0.25, 0.3) is 0 Å². The predicted molar refractivity (Wildman–Crippen MR) is 41.2 cm³/mol. The van der Waals surface area contributed by atoms with E-state index in [0.717, 1.165) is 0 Å². The first-order valence-electron chi connectivity index (χ1n) is 3.76. The standard InChI is InChI=1S/C8H10F3NO/c1-5-2-3-13-6(5)4-7(12)8(9,10)11/h2-3,7H,4,12H2,1H3. The van der Waals surface area contributed by atoms with Crippen molar-refractivity contribution >= 4 is 0 Å². The van der Waals surface area contributed by atoms with Gasteiger partial charge in [0, 0.05) is 6.42 Å². The van der Waals surface area contributed by atoms with Crippen LogP contribution in [0.2, 0.25) is 0 Å². The normalized spacial score (nSPS) is 14.5. The Morgan fingerprint density at radius 3 is 2.54 bits per heavy atom. The van der Waals surface area contributed by atoms with E-state index in [2.05, 4.69) is 0 Å². The molecule has 0 saturated carbocycles. The fourth-order valence-corrected chi connectivity index (χ4v) is 0.929. The summed E-state index contributed by atoms with van der Waals surface area (Å²) in [5.41, 5.74) is 5.62. The van der Waals surface area contributed by atoms with Gasteiger partial charge in [-0.2, -0.15) is 13.2 Å². The first kappa shape index (κ1) is 10.1. The second-order valence-electron chi connectivity index (χ2n) is 2.88. The van der Waals surface area contributed by atoms with Crippen LogP contribution in [0.5, 0.6) is 0 Å². The molecule has 0 saturated heterocycles. The lowest BCUT2D eigenvalue weighted by Crippen LogP contribution is -2.39. The highest BCUT2D eigenvalue weighted by molar-refractivity contribution is 5.15. The smallest absolute Gasteiger partial charge is 0.404 e. The summed E-state index contributed by atoms with van der Waals surface area (Å²) in [6, 6.07) is -0.240. The Kier molecular flexibility index (Phi) is 2.66.